The van der Waals surface area contributed by atoms with E-state index in [1.807, 2.05) is 44.3 Å². The van der Waals surface area contributed by atoms with E-state index >= 15 is 0 Å². The van der Waals surface area contributed by atoms with Gasteiger partial charge in [-0.25, -0.2) is 0 Å². The van der Waals surface area contributed by atoms with Crippen molar-refractivity contribution in [2.45, 2.75) is 25.9 Å². The normalized spacial score (nSPS) is 17.5. The van der Waals surface area contributed by atoms with Gasteiger partial charge in [-0.15, -0.1) is 24.8 Å². The van der Waals surface area contributed by atoms with E-state index in [1.165, 1.54) is 0 Å². The summed E-state index contributed by atoms with van der Waals surface area (Å²) in [5.41, 5.74) is 0.977. The van der Waals surface area contributed by atoms with Gasteiger partial charge >= 0.3 is 0 Å². The second kappa shape index (κ2) is 13.3. The lowest BCUT2D eigenvalue weighted by Crippen LogP contribution is -2.42. The van der Waals surface area contributed by atoms with Crippen molar-refractivity contribution in [3.8, 4) is 0 Å². The molecule has 0 radical (unpaired) electrons. The number of amides is 1. The number of aliphatic hydroxyl groups excluding tert-OH is 1. The Morgan fingerprint density at radius 1 is 1.23 bits per heavy atom. The highest BCUT2D eigenvalue weighted by atomic mass is 35.5. The number of nitrogens with one attached hydrogen (secondary N) is 2. The summed E-state index contributed by atoms with van der Waals surface area (Å²) in [6, 6.07) is 9.83. The Labute approximate surface area is 169 Å². The zero-order chi connectivity index (χ0) is 17.4. The molecule has 1 heterocycles. The summed E-state index contributed by atoms with van der Waals surface area (Å²) in [6.45, 7) is 6.07. The van der Waals surface area contributed by atoms with E-state index < -0.39 is 6.10 Å². The number of hydrogen-bond donors (Lipinski definition) is 3. The fourth-order valence-corrected chi connectivity index (χ4v) is 3.22. The Kier molecular flexibility index (Phi) is 12.9. The average Bonchev–Trinajstić information content (AvgIpc) is 2.61. The van der Waals surface area contributed by atoms with Crippen molar-refractivity contribution >= 4 is 30.7 Å². The molecule has 2 rings (SSSR count). The standard InChI is InChI=1S/C19H31N3O2.2ClH/c1-15(12-20-2)19(24)21-13-16-8-10-22(11-9-16)14-18(23)17-6-4-3-5-7-17;;/h3-7,15-16,18,20,23H,8-14H2,1-2H3,(H,21,24);2*1H. The van der Waals surface area contributed by atoms with Gasteiger partial charge in [0.15, 0.2) is 0 Å². The minimum absolute atomic E-state index is 0. The number of aliphatic hydroxyl groups is 1. The van der Waals surface area contributed by atoms with Crippen LogP contribution in [-0.2, 0) is 4.79 Å². The molecule has 1 amide bonds. The molecule has 26 heavy (non-hydrogen) atoms. The third-order valence-corrected chi connectivity index (χ3v) is 4.85. The van der Waals surface area contributed by atoms with Crippen LogP contribution in [-0.4, -0.2) is 55.7 Å². The molecule has 0 spiro atoms. The van der Waals surface area contributed by atoms with Crippen LogP contribution in [0.1, 0.15) is 31.4 Å². The molecule has 2 unspecified atom stereocenters. The first kappa shape index (κ1) is 25.1. The van der Waals surface area contributed by atoms with Crippen molar-refractivity contribution in [1.29, 1.82) is 0 Å². The van der Waals surface area contributed by atoms with Gasteiger partial charge in [-0.3, -0.25) is 4.79 Å². The first-order chi connectivity index (χ1) is 11.6. The maximum absolute atomic E-state index is 11.9. The lowest BCUT2D eigenvalue weighted by molar-refractivity contribution is -0.124. The van der Waals surface area contributed by atoms with Crippen LogP contribution in [0.4, 0.5) is 0 Å². The molecule has 0 aromatic heterocycles. The Morgan fingerprint density at radius 3 is 2.42 bits per heavy atom. The fourth-order valence-electron chi connectivity index (χ4n) is 3.22. The molecule has 0 saturated carbocycles. The second-order valence-corrected chi connectivity index (χ2v) is 6.87. The molecular weight excluding hydrogens is 373 g/mol. The molecule has 1 aliphatic rings. The third-order valence-electron chi connectivity index (χ3n) is 4.85. The van der Waals surface area contributed by atoms with E-state index in [0.29, 0.717) is 19.0 Å². The predicted octanol–water partition coefficient (Wildman–Crippen LogP) is 2.25. The predicted molar refractivity (Wildman–Crippen MR) is 111 cm³/mol. The van der Waals surface area contributed by atoms with Crippen LogP contribution < -0.4 is 10.6 Å². The topological polar surface area (TPSA) is 64.6 Å². The SMILES string of the molecule is CNCC(C)C(=O)NCC1CCN(CC(O)c2ccccc2)CC1.Cl.Cl. The lowest BCUT2D eigenvalue weighted by atomic mass is 9.96. The molecular formula is C19H33Cl2N3O2. The molecule has 3 N–H and O–H groups in total. The molecule has 5 nitrogen and oxygen atoms in total. The van der Waals surface area contributed by atoms with Crippen molar-refractivity contribution in [3.05, 3.63) is 35.9 Å². The van der Waals surface area contributed by atoms with E-state index in [4.69, 9.17) is 0 Å². The Hall–Kier alpha value is -0.850. The first-order valence-electron chi connectivity index (χ1n) is 8.97. The summed E-state index contributed by atoms with van der Waals surface area (Å²) in [5, 5.41) is 16.4. The van der Waals surface area contributed by atoms with Crippen LogP contribution in [0.3, 0.4) is 0 Å². The summed E-state index contributed by atoms with van der Waals surface area (Å²) < 4.78 is 0. The summed E-state index contributed by atoms with van der Waals surface area (Å²) in [4.78, 5) is 14.3. The lowest BCUT2D eigenvalue weighted by Gasteiger charge is -2.33. The highest BCUT2D eigenvalue weighted by molar-refractivity contribution is 5.85. The maximum atomic E-state index is 11.9. The molecule has 1 aliphatic heterocycles. The van der Waals surface area contributed by atoms with Gasteiger partial charge in [-0.1, -0.05) is 37.3 Å². The molecule has 0 bridgehead atoms. The van der Waals surface area contributed by atoms with Crippen LogP contribution in [0.15, 0.2) is 30.3 Å². The number of halogens is 2. The Morgan fingerprint density at radius 2 is 1.85 bits per heavy atom. The van der Waals surface area contributed by atoms with Gasteiger partial charge in [0.05, 0.1) is 6.10 Å². The summed E-state index contributed by atoms with van der Waals surface area (Å²) >= 11 is 0. The Balaban J connectivity index is 0.00000312. The quantitative estimate of drug-likeness (QED) is 0.620. The van der Waals surface area contributed by atoms with Gasteiger partial charge < -0.3 is 20.6 Å². The molecule has 150 valence electrons. The van der Waals surface area contributed by atoms with Crippen molar-refractivity contribution < 1.29 is 9.90 Å². The van der Waals surface area contributed by atoms with Crippen LogP contribution in [0.2, 0.25) is 0 Å². The molecule has 1 fully saturated rings. The minimum Gasteiger partial charge on any atom is -0.387 e. The number of β-amino-alcohol motifs (C(OH)–C–C–N with tert-alkyl or cyclic N) is 1. The summed E-state index contributed by atoms with van der Waals surface area (Å²) in [7, 11) is 1.86. The third kappa shape index (κ3) is 8.23. The minimum atomic E-state index is -0.426. The van der Waals surface area contributed by atoms with Gasteiger partial charge in [0.1, 0.15) is 0 Å². The van der Waals surface area contributed by atoms with Gasteiger partial charge in [-0.2, -0.15) is 0 Å². The summed E-state index contributed by atoms with van der Waals surface area (Å²) in [6.07, 6.45) is 1.72. The number of carbonyl (C=O) groups excluding carboxylic acids is 1. The first-order valence-corrected chi connectivity index (χ1v) is 8.97. The van der Waals surface area contributed by atoms with Crippen molar-refractivity contribution in [2.24, 2.45) is 11.8 Å². The zero-order valence-electron chi connectivity index (χ0n) is 15.7. The number of nitrogens with zero attached hydrogens (tertiary/aromatic N) is 1. The van der Waals surface area contributed by atoms with Gasteiger partial charge in [-0.05, 0) is 44.5 Å². The van der Waals surface area contributed by atoms with E-state index in [0.717, 1.165) is 38.0 Å². The number of likely N-dealkylation sites (tertiary alicyclic amines) is 1. The van der Waals surface area contributed by atoms with Gasteiger partial charge in [0.25, 0.3) is 0 Å². The molecule has 2 atom stereocenters. The van der Waals surface area contributed by atoms with Gasteiger partial charge in [0.2, 0.25) is 5.91 Å². The number of carbonyl (C=O) groups is 1. The van der Waals surface area contributed by atoms with Crippen molar-refractivity contribution in [1.82, 2.24) is 15.5 Å². The van der Waals surface area contributed by atoms with Gasteiger partial charge in [0, 0.05) is 25.6 Å². The van der Waals surface area contributed by atoms with Crippen molar-refractivity contribution in [3.63, 3.8) is 0 Å². The Bertz CT molecular complexity index is 497. The molecule has 0 aliphatic carbocycles. The van der Waals surface area contributed by atoms with Crippen LogP contribution in [0.25, 0.3) is 0 Å². The molecule has 1 saturated heterocycles. The zero-order valence-corrected chi connectivity index (χ0v) is 17.3. The number of piperidine rings is 1. The largest absolute Gasteiger partial charge is 0.387 e. The highest BCUT2D eigenvalue weighted by Crippen LogP contribution is 2.20. The van der Waals surface area contributed by atoms with E-state index in [1.54, 1.807) is 0 Å². The molecule has 1 aromatic rings. The van der Waals surface area contributed by atoms with E-state index in [2.05, 4.69) is 15.5 Å². The number of hydrogen-bond acceptors (Lipinski definition) is 4. The van der Waals surface area contributed by atoms with E-state index in [9.17, 15) is 9.90 Å². The number of rotatable bonds is 8. The molecule has 1 aromatic carbocycles. The molecule has 7 heteroatoms. The van der Waals surface area contributed by atoms with Crippen molar-refractivity contribution in [2.75, 3.05) is 39.8 Å². The van der Waals surface area contributed by atoms with Crippen LogP contribution in [0, 0.1) is 11.8 Å². The summed E-state index contributed by atoms with van der Waals surface area (Å²) in [5.74, 6) is 0.684. The smallest absolute Gasteiger partial charge is 0.224 e. The van der Waals surface area contributed by atoms with Crippen LogP contribution in [0.5, 0.6) is 0 Å². The monoisotopic (exact) mass is 405 g/mol. The number of benzene rings is 1. The highest BCUT2D eigenvalue weighted by Gasteiger charge is 2.22. The fraction of sp³-hybridized carbons (Fsp3) is 0.632. The average molecular weight is 406 g/mol. The van der Waals surface area contributed by atoms with E-state index in [-0.39, 0.29) is 36.6 Å². The maximum Gasteiger partial charge on any atom is 0.224 e. The van der Waals surface area contributed by atoms with Crippen LogP contribution >= 0.6 is 24.8 Å². The second-order valence-electron chi connectivity index (χ2n) is 6.87.